The van der Waals surface area contributed by atoms with Gasteiger partial charge in [-0.1, -0.05) is 13.3 Å². The Morgan fingerprint density at radius 2 is 2.05 bits per heavy atom. The number of fused-ring (bicyclic) bond motifs is 1. The summed E-state index contributed by atoms with van der Waals surface area (Å²) in [4.78, 5) is 16.2. The Kier molecular flexibility index (Phi) is 4.00. The van der Waals surface area contributed by atoms with Gasteiger partial charge in [0.15, 0.2) is 5.78 Å². The molecule has 0 aliphatic heterocycles. The monoisotopic (exact) mass is 258 g/mol. The van der Waals surface area contributed by atoms with E-state index in [1.807, 2.05) is 0 Å². The van der Waals surface area contributed by atoms with Crippen LogP contribution in [0.5, 0.6) is 5.75 Å². The lowest BCUT2D eigenvalue weighted by atomic mass is 9.91. The number of phenols is 1. The molecule has 0 saturated heterocycles. The molecule has 2 N–H and O–H groups in total. The van der Waals surface area contributed by atoms with Gasteiger partial charge in [0.2, 0.25) is 0 Å². The highest BCUT2D eigenvalue weighted by molar-refractivity contribution is 6.27. The number of aromatic hydroxyl groups is 1. The van der Waals surface area contributed by atoms with E-state index in [9.17, 15) is 9.90 Å². The van der Waals surface area contributed by atoms with Crippen molar-refractivity contribution in [1.29, 1.82) is 0 Å². The van der Waals surface area contributed by atoms with E-state index in [2.05, 4.69) is 17.2 Å². The second-order valence-electron chi connectivity index (χ2n) is 4.47. The third-order valence-electron chi connectivity index (χ3n) is 3.17. The molecule has 0 heterocycles. The molecule has 1 aromatic rings. The number of anilines is 1. The molecule has 0 amide bonds. The average Bonchev–Trinajstić information content (AvgIpc) is 2.42. The fourth-order valence-corrected chi connectivity index (χ4v) is 2.16. The zero-order valence-electron chi connectivity index (χ0n) is 11.2. The normalized spacial score (nSPS) is 15.7. The highest BCUT2D eigenvalue weighted by Gasteiger charge is 2.24. The maximum absolute atomic E-state index is 12.1. The minimum absolute atomic E-state index is 0.0920. The van der Waals surface area contributed by atoms with Gasteiger partial charge in [0.1, 0.15) is 5.75 Å². The predicted molar refractivity (Wildman–Crippen MR) is 77.4 cm³/mol. The number of nitrogens with zero attached hydrogens (tertiary/aromatic N) is 1. The van der Waals surface area contributed by atoms with Gasteiger partial charge in [-0.15, -0.1) is 0 Å². The topological polar surface area (TPSA) is 61.7 Å². The fourth-order valence-electron chi connectivity index (χ4n) is 2.16. The molecular formula is C15H18N2O2. The number of carbonyl (C=O) groups excluding carboxylic acids is 1. The lowest BCUT2D eigenvalue weighted by Gasteiger charge is -2.18. The van der Waals surface area contributed by atoms with E-state index in [-0.39, 0.29) is 11.5 Å². The number of rotatable bonds is 4. The number of benzene rings is 1. The molecule has 0 bridgehead atoms. The highest BCUT2D eigenvalue weighted by atomic mass is 16.3. The Morgan fingerprint density at radius 1 is 1.26 bits per heavy atom. The second-order valence-corrected chi connectivity index (χ2v) is 4.47. The van der Waals surface area contributed by atoms with Crippen molar-refractivity contribution in [2.75, 3.05) is 18.9 Å². The number of phenolic OH excluding ortho intramolecular Hbond substituents is 1. The van der Waals surface area contributed by atoms with E-state index in [4.69, 9.17) is 0 Å². The van der Waals surface area contributed by atoms with Gasteiger partial charge in [-0.3, -0.25) is 9.79 Å². The molecule has 0 spiro atoms. The minimum atomic E-state index is -0.0997. The van der Waals surface area contributed by atoms with E-state index >= 15 is 0 Å². The van der Waals surface area contributed by atoms with Crippen molar-refractivity contribution in [2.24, 2.45) is 4.99 Å². The van der Waals surface area contributed by atoms with Crippen LogP contribution in [0.4, 0.5) is 5.69 Å². The molecule has 0 unspecified atom stereocenters. The number of hydrogen-bond acceptors (Lipinski definition) is 4. The number of unbranched alkanes of at least 4 members (excludes halogenated alkanes) is 1. The molecular weight excluding hydrogens is 240 g/mol. The van der Waals surface area contributed by atoms with Gasteiger partial charge in [-0.2, -0.15) is 0 Å². The van der Waals surface area contributed by atoms with Crippen molar-refractivity contribution < 1.29 is 9.90 Å². The van der Waals surface area contributed by atoms with E-state index in [1.165, 1.54) is 6.08 Å². The van der Waals surface area contributed by atoms with Crippen LogP contribution < -0.4 is 5.32 Å². The summed E-state index contributed by atoms with van der Waals surface area (Å²) >= 11 is 0. The minimum Gasteiger partial charge on any atom is -0.507 e. The Labute approximate surface area is 112 Å². The standard InChI is InChI=1S/C15H18N2O2/c1-3-4-9-17-11-6-8-12(18)14-10(16-2)5-7-13(19)15(11)14/h5-8,17-18H,3-4,9H2,1-2H3. The maximum Gasteiger partial charge on any atom is 0.188 e. The van der Waals surface area contributed by atoms with Gasteiger partial charge in [0, 0.05) is 19.3 Å². The average molecular weight is 258 g/mol. The zero-order chi connectivity index (χ0) is 13.8. The van der Waals surface area contributed by atoms with E-state index in [0.29, 0.717) is 16.8 Å². The summed E-state index contributed by atoms with van der Waals surface area (Å²) in [6, 6.07) is 3.35. The molecule has 0 radical (unpaired) electrons. The van der Waals surface area contributed by atoms with E-state index in [1.54, 1.807) is 25.3 Å². The Balaban J connectivity index is 2.47. The van der Waals surface area contributed by atoms with Gasteiger partial charge < -0.3 is 10.4 Å². The van der Waals surface area contributed by atoms with Gasteiger partial charge >= 0.3 is 0 Å². The lowest BCUT2D eigenvalue weighted by Crippen LogP contribution is -2.16. The van der Waals surface area contributed by atoms with Crippen molar-refractivity contribution in [3.8, 4) is 5.75 Å². The van der Waals surface area contributed by atoms with Crippen molar-refractivity contribution in [1.82, 2.24) is 0 Å². The molecule has 1 aliphatic carbocycles. The highest BCUT2D eigenvalue weighted by Crippen LogP contribution is 2.32. The summed E-state index contributed by atoms with van der Waals surface area (Å²) in [5, 5.41) is 13.2. The van der Waals surface area contributed by atoms with Crippen LogP contribution in [-0.2, 0) is 0 Å². The molecule has 1 aliphatic rings. The lowest BCUT2D eigenvalue weighted by molar-refractivity contribution is 0.104. The number of carbonyl (C=O) groups is 1. The molecule has 19 heavy (non-hydrogen) atoms. The summed E-state index contributed by atoms with van der Waals surface area (Å²) < 4.78 is 0. The maximum atomic E-state index is 12.1. The molecule has 0 atom stereocenters. The van der Waals surface area contributed by atoms with Gasteiger partial charge in [0.05, 0.1) is 16.8 Å². The van der Waals surface area contributed by atoms with Gasteiger partial charge in [-0.05, 0) is 30.7 Å². The molecule has 2 rings (SSSR count). The van der Waals surface area contributed by atoms with Crippen LogP contribution >= 0.6 is 0 Å². The van der Waals surface area contributed by atoms with Crippen LogP contribution in [-0.4, -0.2) is 30.2 Å². The molecule has 0 aromatic heterocycles. The third kappa shape index (κ3) is 2.52. The first-order chi connectivity index (χ1) is 9.19. The van der Waals surface area contributed by atoms with Crippen molar-refractivity contribution in [3.63, 3.8) is 0 Å². The summed E-state index contributed by atoms with van der Waals surface area (Å²) in [5.74, 6) is -0.00774. The molecule has 4 heteroatoms. The molecule has 0 saturated carbocycles. The van der Waals surface area contributed by atoms with Crippen molar-refractivity contribution >= 4 is 17.2 Å². The zero-order valence-corrected chi connectivity index (χ0v) is 11.2. The Hall–Kier alpha value is -2.10. The van der Waals surface area contributed by atoms with Gasteiger partial charge in [-0.25, -0.2) is 0 Å². The number of aliphatic imine (C=N–C) groups is 1. The smallest absolute Gasteiger partial charge is 0.188 e. The van der Waals surface area contributed by atoms with Crippen LogP contribution in [0.3, 0.4) is 0 Å². The fraction of sp³-hybridized carbons (Fsp3) is 0.333. The first-order valence-electron chi connectivity index (χ1n) is 6.48. The van der Waals surface area contributed by atoms with Crippen LogP contribution in [0.1, 0.15) is 35.7 Å². The van der Waals surface area contributed by atoms with Crippen LogP contribution in [0, 0.1) is 0 Å². The number of ketones is 1. The molecule has 1 aromatic carbocycles. The summed E-state index contributed by atoms with van der Waals surface area (Å²) in [6.07, 6.45) is 5.26. The molecule has 4 nitrogen and oxygen atoms in total. The van der Waals surface area contributed by atoms with Crippen LogP contribution in [0.15, 0.2) is 29.3 Å². The molecule has 0 fully saturated rings. The predicted octanol–water partition coefficient (Wildman–Crippen LogP) is 2.78. The first kappa shape index (κ1) is 13.3. The summed E-state index contributed by atoms with van der Waals surface area (Å²) in [7, 11) is 1.65. The summed E-state index contributed by atoms with van der Waals surface area (Å²) in [6.45, 7) is 2.92. The van der Waals surface area contributed by atoms with Crippen molar-refractivity contribution in [3.05, 3.63) is 35.4 Å². The SMILES string of the molecule is CCCCNc1ccc(O)c2c1C(=O)C=CC2=NC. The number of hydrogen-bond donors (Lipinski definition) is 2. The van der Waals surface area contributed by atoms with E-state index < -0.39 is 0 Å². The van der Waals surface area contributed by atoms with Crippen LogP contribution in [0.25, 0.3) is 0 Å². The largest absolute Gasteiger partial charge is 0.507 e. The summed E-state index contributed by atoms with van der Waals surface area (Å²) in [5.41, 5.74) is 2.43. The second kappa shape index (κ2) is 5.69. The van der Waals surface area contributed by atoms with E-state index in [0.717, 1.165) is 25.1 Å². The molecule has 100 valence electrons. The van der Waals surface area contributed by atoms with Crippen LogP contribution in [0.2, 0.25) is 0 Å². The number of allylic oxidation sites excluding steroid dienone is 2. The van der Waals surface area contributed by atoms with Gasteiger partial charge in [0.25, 0.3) is 0 Å². The third-order valence-corrected chi connectivity index (χ3v) is 3.17. The Bertz CT molecular complexity index is 560. The quantitative estimate of drug-likeness (QED) is 0.645. The Morgan fingerprint density at radius 3 is 2.74 bits per heavy atom. The van der Waals surface area contributed by atoms with Crippen molar-refractivity contribution in [2.45, 2.75) is 19.8 Å². The first-order valence-corrected chi connectivity index (χ1v) is 6.48. The number of nitrogens with one attached hydrogen (secondary N) is 1.